The number of hydrogen-bond donors (Lipinski definition) is 2. The number of ether oxygens (including phenoxy) is 4. The summed E-state index contributed by atoms with van der Waals surface area (Å²) in [4.78, 5) is 25.4. The molecule has 50 heavy (non-hydrogen) atoms. The van der Waals surface area contributed by atoms with Crippen LogP contribution >= 0.6 is 0 Å². The Balaban J connectivity index is 1.07. The highest BCUT2D eigenvalue weighted by molar-refractivity contribution is 5.78. The van der Waals surface area contributed by atoms with Crippen molar-refractivity contribution in [2.45, 2.75) is 143 Å². The fourth-order valence-corrected chi connectivity index (χ4v) is 13.7. The van der Waals surface area contributed by atoms with E-state index in [4.69, 9.17) is 14.2 Å². The number of amides is 1. The molecule has 284 valence electrons. The van der Waals surface area contributed by atoms with Gasteiger partial charge in [0.25, 0.3) is 6.47 Å². The zero-order valence-corrected chi connectivity index (χ0v) is 30.9. The Hall–Kier alpha value is -1.47. The van der Waals surface area contributed by atoms with E-state index in [1.807, 2.05) is 18.7 Å². The Bertz CT molecular complexity index is 1330. The van der Waals surface area contributed by atoms with Crippen LogP contribution in [0.15, 0.2) is 0 Å². The van der Waals surface area contributed by atoms with Crippen LogP contribution in [0, 0.1) is 56.7 Å². The van der Waals surface area contributed by atoms with Crippen molar-refractivity contribution in [2.75, 3.05) is 26.2 Å². The summed E-state index contributed by atoms with van der Waals surface area (Å²) in [6.07, 6.45) is -1.24. The number of carbonyl (C=O) groups is 2. The molecule has 0 bridgehead atoms. The molecule has 9 nitrogen and oxygen atoms in total. The Labute approximate surface area is 295 Å². The van der Waals surface area contributed by atoms with E-state index in [0.717, 1.165) is 38.5 Å². The smallest absolute Gasteiger partial charge is 0.439 e. The maximum absolute atomic E-state index is 13.4. The standard InChI is InChI=1S/C38H59F3N2O7/c1-21(2)31(46)43-14-15-47-27(18-43)50-26-10-11-36-19-37(36)13-12-34(6)28-22(3)16-23(17-42-32(48-20-44)38(39,40)41)49-29(28)30(45)35(34,7)25(37)9-8-24(36)33(26,4)5/h20-30,32,42,45H,8-19H2,1-7H3/t22-,23?,24+,25?,26?,27+,28+,29?,30+,32?,34-,35-,36-,37+/m1/s1. The van der Waals surface area contributed by atoms with Crippen LogP contribution in [0.1, 0.15) is 99.8 Å². The Morgan fingerprint density at radius 2 is 1.78 bits per heavy atom. The zero-order chi connectivity index (χ0) is 36.2. The number of aliphatic hydroxyl groups excluding tert-OH is 1. The van der Waals surface area contributed by atoms with Crippen LogP contribution in [0.5, 0.6) is 0 Å². The average molecular weight is 713 g/mol. The number of alkyl halides is 3. The van der Waals surface area contributed by atoms with Gasteiger partial charge in [-0.05, 0) is 96.7 Å². The van der Waals surface area contributed by atoms with Gasteiger partial charge in [-0.2, -0.15) is 13.2 Å². The minimum absolute atomic E-state index is 0.0319. The molecule has 0 aromatic carbocycles. The van der Waals surface area contributed by atoms with Gasteiger partial charge >= 0.3 is 6.18 Å². The summed E-state index contributed by atoms with van der Waals surface area (Å²) in [6, 6.07) is 0. The van der Waals surface area contributed by atoms with E-state index in [0.29, 0.717) is 38.0 Å². The molecule has 5 aliphatic carbocycles. The quantitative estimate of drug-likeness (QED) is 0.245. The highest BCUT2D eigenvalue weighted by Crippen LogP contribution is 2.89. The average Bonchev–Trinajstić information content (AvgIpc) is 3.68. The first kappa shape index (κ1) is 36.9. The summed E-state index contributed by atoms with van der Waals surface area (Å²) in [5.41, 5.74) is -0.276. The topological polar surface area (TPSA) is 107 Å². The van der Waals surface area contributed by atoms with Crippen molar-refractivity contribution in [3.63, 3.8) is 0 Å². The maximum atomic E-state index is 13.4. The predicted molar refractivity (Wildman–Crippen MR) is 177 cm³/mol. The second kappa shape index (κ2) is 12.3. The molecule has 2 spiro atoms. The minimum Gasteiger partial charge on any atom is -0.439 e. The van der Waals surface area contributed by atoms with Crippen molar-refractivity contribution >= 4 is 12.4 Å². The van der Waals surface area contributed by atoms with Gasteiger partial charge in [0.2, 0.25) is 12.1 Å². The summed E-state index contributed by atoms with van der Waals surface area (Å²) >= 11 is 0. The Morgan fingerprint density at radius 3 is 2.46 bits per heavy atom. The summed E-state index contributed by atoms with van der Waals surface area (Å²) in [5, 5.41) is 14.7. The summed E-state index contributed by atoms with van der Waals surface area (Å²) in [6.45, 7) is 16.7. The summed E-state index contributed by atoms with van der Waals surface area (Å²) in [7, 11) is 0. The molecule has 12 heteroatoms. The second-order valence-corrected chi connectivity index (χ2v) is 18.6. The molecule has 14 atom stereocenters. The van der Waals surface area contributed by atoms with Gasteiger partial charge in [0.1, 0.15) is 0 Å². The molecule has 2 saturated heterocycles. The van der Waals surface area contributed by atoms with Gasteiger partial charge in [0, 0.05) is 24.4 Å². The van der Waals surface area contributed by atoms with E-state index in [9.17, 15) is 27.9 Å². The molecular formula is C38H59F3N2O7. The monoisotopic (exact) mass is 712 g/mol. The fourth-order valence-electron chi connectivity index (χ4n) is 13.7. The van der Waals surface area contributed by atoms with Crippen LogP contribution in [0.4, 0.5) is 13.2 Å². The van der Waals surface area contributed by atoms with Gasteiger partial charge in [0.05, 0.1) is 37.6 Å². The van der Waals surface area contributed by atoms with E-state index >= 15 is 0 Å². The molecule has 5 saturated carbocycles. The van der Waals surface area contributed by atoms with E-state index in [1.165, 1.54) is 6.42 Å². The Morgan fingerprint density at radius 1 is 1.08 bits per heavy atom. The lowest BCUT2D eigenvalue weighted by molar-refractivity contribution is -0.248. The van der Waals surface area contributed by atoms with Crippen LogP contribution in [0.2, 0.25) is 0 Å². The van der Waals surface area contributed by atoms with Crippen LogP contribution in [-0.2, 0) is 28.5 Å². The number of aliphatic hydroxyl groups is 1. The summed E-state index contributed by atoms with van der Waals surface area (Å²) in [5.74, 6) is 1.15. The number of carbonyl (C=O) groups excluding carboxylic acids is 2. The summed E-state index contributed by atoms with van der Waals surface area (Å²) < 4.78 is 63.9. The van der Waals surface area contributed by atoms with Crippen LogP contribution in [-0.4, -0.2) is 91.7 Å². The lowest BCUT2D eigenvalue weighted by Crippen LogP contribution is -2.60. The highest BCUT2D eigenvalue weighted by atomic mass is 19.4. The van der Waals surface area contributed by atoms with E-state index in [2.05, 4.69) is 44.7 Å². The van der Waals surface area contributed by atoms with Gasteiger partial charge in [0.15, 0.2) is 6.29 Å². The molecule has 7 fully saturated rings. The van der Waals surface area contributed by atoms with Gasteiger partial charge in [-0.3, -0.25) is 14.9 Å². The van der Waals surface area contributed by atoms with Gasteiger partial charge < -0.3 is 29.0 Å². The van der Waals surface area contributed by atoms with Crippen molar-refractivity contribution in [1.29, 1.82) is 0 Å². The zero-order valence-electron chi connectivity index (χ0n) is 30.9. The van der Waals surface area contributed by atoms with Gasteiger partial charge in [-0.15, -0.1) is 0 Å². The molecule has 2 heterocycles. The SMILES string of the molecule is CC(C)C(=O)N1CCO[C@@H](OC2CC[C@]34C[C@]35CC[C@]3(C)[C@@H]6C(OC(CNC(OC=O)C(F)(F)F)C[C@H]6C)[C@H](O)[C@@]3(C)C5CC[C@H]4C2(C)C)C1. The number of fused-ring (bicyclic) bond motifs is 4. The third-order valence-electron chi connectivity index (χ3n) is 16.0. The molecule has 0 radical (unpaired) electrons. The van der Waals surface area contributed by atoms with Crippen molar-refractivity contribution in [3.8, 4) is 0 Å². The molecule has 1 amide bonds. The van der Waals surface area contributed by atoms with Crippen LogP contribution in [0.3, 0.4) is 0 Å². The number of rotatable bonds is 8. The molecule has 7 rings (SSSR count). The molecule has 7 aliphatic rings. The molecule has 2 N–H and O–H groups in total. The molecule has 0 aromatic rings. The number of nitrogens with zero attached hydrogens (tertiary/aromatic N) is 1. The lowest BCUT2D eigenvalue weighted by atomic mass is 9.41. The minimum atomic E-state index is -4.74. The third kappa shape index (κ3) is 5.17. The highest BCUT2D eigenvalue weighted by Gasteiger charge is 2.84. The number of nitrogens with one attached hydrogen (secondary N) is 1. The predicted octanol–water partition coefficient (Wildman–Crippen LogP) is 5.68. The first-order valence-electron chi connectivity index (χ1n) is 19.2. The first-order valence-corrected chi connectivity index (χ1v) is 19.2. The third-order valence-corrected chi connectivity index (χ3v) is 16.0. The maximum Gasteiger partial charge on any atom is 0.439 e. The molecular weight excluding hydrogens is 653 g/mol. The molecule has 0 aromatic heterocycles. The Kier molecular flexibility index (Phi) is 9.06. The number of hydrogen-bond acceptors (Lipinski definition) is 8. The normalized spacial score (nSPS) is 48.4. The first-order chi connectivity index (χ1) is 23.4. The fraction of sp³-hybridized carbons (Fsp3) is 0.947. The number of morpholine rings is 1. The van der Waals surface area contributed by atoms with Crippen molar-refractivity contribution in [2.24, 2.45) is 56.7 Å². The molecule has 5 unspecified atom stereocenters. The van der Waals surface area contributed by atoms with Crippen molar-refractivity contribution in [3.05, 3.63) is 0 Å². The molecule has 2 aliphatic heterocycles. The van der Waals surface area contributed by atoms with Crippen LogP contribution in [0.25, 0.3) is 0 Å². The van der Waals surface area contributed by atoms with E-state index in [1.54, 1.807) is 0 Å². The van der Waals surface area contributed by atoms with Crippen LogP contribution < -0.4 is 5.32 Å². The van der Waals surface area contributed by atoms with E-state index in [-0.39, 0.29) is 69.9 Å². The van der Waals surface area contributed by atoms with Gasteiger partial charge in [-0.25, -0.2) is 0 Å². The van der Waals surface area contributed by atoms with Crippen molar-refractivity contribution < 1.29 is 46.8 Å². The van der Waals surface area contributed by atoms with Gasteiger partial charge in [-0.1, -0.05) is 48.5 Å². The largest absolute Gasteiger partial charge is 0.439 e. The van der Waals surface area contributed by atoms with E-state index < -0.39 is 37.0 Å². The number of halogens is 3. The second-order valence-electron chi connectivity index (χ2n) is 18.6. The van der Waals surface area contributed by atoms with Crippen molar-refractivity contribution in [1.82, 2.24) is 10.2 Å². The lowest BCUT2D eigenvalue weighted by Gasteiger charge is -2.64.